The molecule has 0 spiro atoms. The van der Waals surface area contributed by atoms with Gasteiger partial charge in [-0.3, -0.25) is 4.79 Å². The van der Waals surface area contributed by atoms with Crippen LogP contribution in [0, 0.1) is 0 Å². The Morgan fingerprint density at radius 1 is 1.00 bits per heavy atom. The number of rotatable bonds is 8. The van der Waals surface area contributed by atoms with Gasteiger partial charge < -0.3 is 18.9 Å². The number of ether oxygens (including phenoxy) is 4. The molecule has 0 aromatic heterocycles. The monoisotopic (exact) mass is 344 g/mol. The standard InChI is InChI=1S/C18H20N2O5/c1-22-15-10-17(24-3)16(23-2)9-13(15)11-19-20-18(21)12-25-14-7-5-4-6-8-14/h4-11H,12H2,1-3H3,(H,20,21). The molecular weight excluding hydrogens is 324 g/mol. The van der Waals surface area contributed by atoms with E-state index in [1.165, 1.54) is 27.5 Å². The van der Waals surface area contributed by atoms with Gasteiger partial charge in [0, 0.05) is 11.6 Å². The average molecular weight is 344 g/mol. The van der Waals surface area contributed by atoms with E-state index in [-0.39, 0.29) is 12.5 Å². The van der Waals surface area contributed by atoms with Crippen LogP contribution in [0.3, 0.4) is 0 Å². The molecule has 1 amide bonds. The minimum atomic E-state index is -0.375. The van der Waals surface area contributed by atoms with Crippen molar-refractivity contribution in [2.45, 2.75) is 0 Å². The lowest BCUT2D eigenvalue weighted by Crippen LogP contribution is -2.24. The first-order chi connectivity index (χ1) is 12.2. The minimum absolute atomic E-state index is 0.135. The summed E-state index contributed by atoms with van der Waals surface area (Å²) in [5.41, 5.74) is 3.03. The lowest BCUT2D eigenvalue weighted by atomic mass is 10.2. The number of amides is 1. The van der Waals surface area contributed by atoms with Gasteiger partial charge in [-0.1, -0.05) is 18.2 Å². The number of hydrogen-bond acceptors (Lipinski definition) is 6. The smallest absolute Gasteiger partial charge is 0.277 e. The van der Waals surface area contributed by atoms with Gasteiger partial charge in [-0.15, -0.1) is 0 Å². The summed E-state index contributed by atoms with van der Waals surface area (Å²) in [6.07, 6.45) is 1.46. The van der Waals surface area contributed by atoms with E-state index < -0.39 is 0 Å². The van der Waals surface area contributed by atoms with E-state index >= 15 is 0 Å². The third-order valence-corrected chi connectivity index (χ3v) is 3.24. The molecule has 0 aliphatic rings. The third-order valence-electron chi connectivity index (χ3n) is 3.24. The number of hydrogen-bond donors (Lipinski definition) is 1. The van der Waals surface area contributed by atoms with Crippen LogP contribution in [0.1, 0.15) is 5.56 Å². The zero-order valence-electron chi connectivity index (χ0n) is 14.3. The van der Waals surface area contributed by atoms with E-state index in [0.29, 0.717) is 28.6 Å². The van der Waals surface area contributed by atoms with Crippen molar-refractivity contribution in [2.24, 2.45) is 5.10 Å². The second-order valence-corrected chi connectivity index (χ2v) is 4.84. The highest BCUT2D eigenvalue weighted by Gasteiger charge is 2.10. The van der Waals surface area contributed by atoms with E-state index in [2.05, 4.69) is 10.5 Å². The Kier molecular flexibility index (Phi) is 6.65. The van der Waals surface area contributed by atoms with E-state index in [4.69, 9.17) is 18.9 Å². The van der Waals surface area contributed by atoms with E-state index in [1.54, 1.807) is 24.3 Å². The Morgan fingerprint density at radius 3 is 2.28 bits per heavy atom. The Labute approximate surface area is 146 Å². The maximum absolute atomic E-state index is 11.8. The van der Waals surface area contributed by atoms with Crippen LogP contribution in [-0.2, 0) is 4.79 Å². The zero-order valence-corrected chi connectivity index (χ0v) is 14.3. The fourth-order valence-electron chi connectivity index (χ4n) is 2.03. The van der Waals surface area contributed by atoms with Crippen molar-refractivity contribution in [2.75, 3.05) is 27.9 Å². The van der Waals surface area contributed by atoms with Crippen LogP contribution in [0.5, 0.6) is 23.0 Å². The topological polar surface area (TPSA) is 78.4 Å². The Morgan fingerprint density at radius 2 is 1.64 bits per heavy atom. The van der Waals surface area contributed by atoms with E-state index in [0.717, 1.165) is 0 Å². The molecule has 2 aromatic carbocycles. The normalized spacial score (nSPS) is 10.4. The summed E-state index contributed by atoms with van der Waals surface area (Å²) in [6, 6.07) is 12.4. The van der Waals surface area contributed by atoms with Crippen molar-refractivity contribution in [1.82, 2.24) is 5.43 Å². The molecule has 0 saturated heterocycles. The van der Waals surface area contributed by atoms with Gasteiger partial charge in [0.05, 0.1) is 27.5 Å². The molecule has 2 aromatic rings. The van der Waals surface area contributed by atoms with Crippen molar-refractivity contribution in [3.63, 3.8) is 0 Å². The third kappa shape index (κ3) is 5.13. The van der Waals surface area contributed by atoms with Crippen LogP contribution < -0.4 is 24.4 Å². The molecule has 0 fully saturated rings. The SMILES string of the molecule is COc1cc(OC)c(OC)cc1C=NNC(=O)COc1ccccc1. The molecule has 2 rings (SSSR count). The highest BCUT2D eigenvalue weighted by Crippen LogP contribution is 2.33. The van der Waals surface area contributed by atoms with Gasteiger partial charge in [0.2, 0.25) is 0 Å². The van der Waals surface area contributed by atoms with Crippen molar-refractivity contribution in [3.8, 4) is 23.0 Å². The number of carbonyl (C=O) groups is 1. The van der Waals surface area contributed by atoms with Crippen molar-refractivity contribution in [1.29, 1.82) is 0 Å². The number of para-hydroxylation sites is 1. The first-order valence-electron chi connectivity index (χ1n) is 7.47. The summed E-state index contributed by atoms with van der Waals surface area (Å²) < 4.78 is 21.1. The quantitative estimate of drug-likeness (QED) is 0.587. The number of benzene rings is 2. The average Bonchev–Trinajstić information content (AvgIpc) is 2.66. The summed E-state index contributed by atoms with van der Waals surface area (Å²) in [4.78, 5) is 11.8. The molecule has 0 atom stereocenters. The maximum Gasteiger partial charge on any atom is 0.277 e. The molecule has 0 bridgehead atoms. The summed E-state index contributed by atoms with van der Waals surface area (Å²) in [7, 11) is 4.61. The molecule has 7 heteroatoms. The van der Waals surface area contributed by atoms with Gasteiger partial charge in [0.1, 0.15) is 11.5 Å². The molecule has 25 heavy (non-hydrogen) atoms. The number of nitrogens with one attached hydrogen (secondary N) is 1. The molecule has 0 saturated carbocycles. The number of hydrazone groups is 1. The molecule has 0 unspecified atom stereocenters. The predicted octanol–water partition coefficient (Wildman–Crippen LogP) is 2.24. The summed E-state index contributed by atoms with van der Waals surface area (Å²) in [5.74, 6) is 1.85. The van der Waals surface area contributed by atoms with Gasteiger partial charge in [0.15, 0.2) is 18.1 Å². The Balaban J connectivity index is 1.97. The van der Waals surface area contributed by atoms with Gasteiger partial charge >= 0.3 is 0 Å². The van der Waals surface area contributed by atoms with Crippen LogP contribution >= 0.6 is 0 Å². The highest BCUT2D eigenvalue weighted by molar-refractivity contribution is 5.86. The predicted molar refractivity (Wildman–Crippen MR) is 93.8 cm³/mol. The van der Waals surface area contributed by atoms with Crippen LogP contribution in [0.25, 0.3) is 0 Å². The van der Waals surface area contributed by atoms with Gasteiger partial charge in [-0.25, -0.2) is 5.43 Å². The van der Waals surface area contributed by atoms with E-state index in [9.17, 15) is 4.79 Å². The zero-order chi connectivity index (χ0) is 18.1. The Bertz CT molecular complexity index is 732. The van der Waals surface area contributed by atoms with Crippen molar-refractivity contribution in [3.05, 3.63) is 48.0 Å². The van der Waals surface area contributed by atoms with Gasteiger partial charge in [-0.2, -0.15) is 5.10 Å². The van der Waals surface area contributed by atoms with Crippen molar-refractivity contribution >= 4 is 12.1 Å². The summed E-state index contributed by atoms with van der Waals surface area (Å²) in [6.45, 7) is -0.135. The Hall–Kier alpha value is -3.22. The second kappa shape index (κ2) is 9.17. The molecule has 132 valence electrons. The largest absolute Gasteiger partial charge is 0.496 e. The lowest BCUT2D eigenvalue weighted by Gasteiger charge is -2.11. The maximum atomic E-state index is 11.8. The van der Waals surface area contributed by atoms with Gasteiger partial charge in [0.25, 0.3) is 5.91 Å². The highest BCUT2D eigenvalue weighted by atomic mass is 16.5. The number of nitrogens with zero attached hydrogens (tertiary/aromatic N) is 1. The molecule has 0 radical (unpaired) electrons. The molecule has 0 heterocycles. The molecule has 0 aliphatic carbocycles. The first kappa shape index (κ1) is 18.1. The molecular formula is C18H20N2O5. The van der Waals surface area contributed by atoms with Crippen LogP contribution in [0.4, 0.5) is 0 Å². The molecule has 7 nitrogen and oxygen atoms in total. The van der Waals surface area contributed by atoms with Crippen LogP contribution in [-0.4, -0.2) is 40.1 Å². The number of carbonyl (C=O) groups excluding carboxylic acids is 1. The lowest BCUT2D eigenvalue weighted by molar-refractivity contribution is -0.123. The van der Waals surface area contributed by atoms with Gasteiger partial charge in [-0.05, 0) is 18.2 Å². The first-order valence-corrected chi connectivity index (χ1v) is 7.47. The fraction of sp³-hybridized carbons (Fsp3) is 0.222. The van der Waals surface area contributed by atoms with Crippen LogP contribution in [0.15, 0.2) is 47.6 Å². The van der Waals surface area contributed by atoms with Crippen LogP contribution in [0.2, 0.25) is 0 Å². The molecule has 1 N–H and O–H groups in total. The number of methoxy groups -OCH3 is 3. The second-order valence-electron chi connectivity index (χ2n) is 4.84. The molecule has 0 aliphatic heterocycles. The minimum Gasteiger partial charge on any atom is -0.496 e. The fourth-order valence-corrected chi connectivity index (χ4v) is 2.03. The van der Waals surface area contributed by atoms with E-state index in [1.807, 2.05) is 18.2 Å². The summed E-state index contributed by atoms with van der Waals surface area (Å²) in [5, 5.41) is 3.91. The van der Waals surface area contributed by atoms with Crippen molar-refractivity contribution < 1.29 is 23.7 Å². The summed E-state index contributed by atoms with van der Waals surface area (Å²) >= 11 is 0.